The first kappa shape index (κ1) is 23.2. The zero-order valence-electron chi connectivity index (χ0n) is 14.1. The molecule has 0 aromatic heterocycles. The molecule has 0 unspecified atom stereocenters. The van der Waals surface area contributed by atoms with Crippen molar-refractivity contribution in [1.29, 1.82) is 0 Å². The molecule has 0 aromatic rings. The lowest BCUT2D eigenvalue weighted by atomic mass is 10.4. The van der Waals surface area contributed by atoms with Crippen LogP contribution in [-0.4, -0.2) is 79.7 Å². The van der Waals surface area contributed by atoms with E-state index in [4.69, 9.17) is 4.74 Å². The third-order valence-electron chi connectivity index (χ3n) is 2.67. The van der Waals surface area contributed by atoms with Crippen LogP contribution in [-0.2, 0) is 19.6 Å². The molecule has 0 saturated heterocycles. The van der Waals surface area contributed by atoms with E-state index >= 15 is 0 Å². The number of nitrogens with zero attached hydrogens (tertiary/aromatic N) is 1. The van der Waals surface area contributed by atoms with Crippen molar-refractivity contribution >= 4 is 51.3 Å². The van der Waals surface area contributed by atoms with Crippen LogP contribution in [0, 0.1) is 0 Å². The molecule has 0 amide bonds. The van der Waals surface area contributed by atoms with E-state index in [2.05, 4.69) is 6.58 Å². The minimum Gasteiger partial charge on any atom is -0.461 e. The minimum absolute atomic E-state index is 0.321. The van der Waals surface area contributed by atoms with Gasteiger partial charge < -0.3 is 4.74 Å². The van der Waals surface area contributed by atoms with Crippen LogP contribution in [0.25, 0.3) is 0 Å². The molecule has 0 N–H and O–H groups in total. The molecule has 5 nitrogen and oxygen atoms in total. The number of carbonyl (C=O) groups is 1. The fraction of sp³-hybridized carbons (Fsp3) is 0.786. The van der Waals surface area contributed by atoms with E-state index in [1.165, 1.54) is 10.6 Å². The van der Waals surface area contributed by atoms with Gasteiger partial charge in [-0.2, -0.15) is 35.3 Å². The van der Waals surface area contributed by atoms with Gasteiger partial charge in [0.05, 0.1) is 6.26 Å². The van der Waals surface area contributed by atoms with Crippen LogP contribution in [0.5, 0.6) is 0 Å². The SMILES string of the molecule is C=C(C)C(=O)OCCSCCSCCSCCN(C)S(C)(=O)=O. The van der Waals surface area contributed by atoms with Crippen LogP contribution in [0.2, 0.25) is 0 Å². The van der Waals surface area contributed by atoms with Gasteiger partial charge in [0.1, 0.15) is 6.61 Å². The Morgan fingerprint density at radius 1 is 1.04 bits per heavy atom. The van der Waals surface area contributed by atoms with Gasteiger partial charge in [0.15, 0.2) is 0 Å². The van der Waals surface area contributed by atoms with Gasteiger partial charge in [0, 0.05) is 53.7 Å². The van der Waals surface area contributed by atoms with E-state index < -0.39 is 10.0 Å². The van der Waals surface area contributed by atoms with Crippen LogP contribution in [0.4, 0.5) is 0 Å². The van der Waals surface area contributed by atoms with Gasteiger partial charge in [-0.05, 0) is 6.92 Å². The first-order chi connectivity index (χ1) is 10.7. The molecule has 0 radical (unpaired) electrons. The van der Waals surface area contributed by atoms with E-state index in [9.17, 15) is 13.2 Å². The van der Waals surface area contributed by atoms with Crippen molar-refractivity contribution < 1.29 is 17.9 Å². The van der Waals surface area contributed by atoms with E-state index in [0.717, 1.165) is 34.5 Å². The van der Waals surface area contributed by atoms with Gasteiger partial charge in [-0.1, -0.05) is 6.58 Å². The second kappa shape index (κ2) is 13.5. The molecular weight excluding hydrogens is 374 g/mol. The molecule has 0 saturated carbocycles. The summed E-state index contributed by atoms with van der Waals surface area (Å²) in [5.74, 6) is 5.53. The normalized spacial score (nSPS) is 11.7. The van der Waals surface area contributed by atoms with Gasteiger partial charge in [-0.15, -0.1) is 0 Å². The van der Waals surface area contributed by atoms with Gasteiger partial charge in [-0.25, -0.2) is 17.5 Å². The molecule has 136 valence electrons. The van der Waals surface area contributed by atoms with Crippen molar-refractivity contribution in [3.05, 3.63) is 12.2 Å². The number of esters is 1. The molecule has 0 aliphatic rings. The lowest BCUT2D eigenvalue weighted by Gasteiger charge is -2.13. The first-order valence-electron chi connectivity index (χ1n) is 7.22. The third-order valence-corrected chi connectivity index (χ3v) is 7.40. The number of carbonyl (C=O) groups excluding carboxylic acids is 1. The summed E-state index contributed by atoms with van der Waals surface area (Å²) in [6.07, 6.45) is 1.23. The molecule has 0 bridgehead atoms. The van der Waals surface area contributed by atoms with Crippen LogP contribution < -0.4 is 0 Å². The monoisotopic (exact) mass is 401 g/mol. The molecule has 0 fully saturated rings. The Morgan fingerprint density at radius 2 is 1.52 bits per heavy atom. The predicted octanol–water partition coefficient (Wildman–Crippen LogP) is 2.20. The zero-order valence-corrected chi connectivity index (χ0v) is 17.3. The van der Waals surface area contributed by atoms with Crippen molar-refractivity contribution in [2.24, 2.45) is 0 Å². The van der Waals surface area contributed by atoms with Crippen molar-refractivity contribution in [2.75, 3.05) is 61.0 Å². The largest absolute Gasteiger partial charge is 0.461 e. The topological polar surface area (TPSA) is 63.7 Å². The molecule has 0 aliphatic carbocycles. The maximum atomic E-state index is 11.2. The fourth-order valence-electron chi connectivity index (χ4n) is 1.22. The maximum absolute atomic E-state index is 11.2. The summed E-state index contributed by atoms with van der Waals surface area (Å²) < 4.78 is 28.8. The van der Waals surface area contributed by atoms with E-state index in [-0.39, 0.29) is 5.97 Å². The summed E-state index contributed by atoms with van der Waals surface area (Å²) in [6.45, 7) is 6.17. The average Bonchev–Trinajstić information content (AvgIpc) is 2.46. The summed E-state index contributed by atoms with van der Waals surface area (Å²) in [4.78, 5) is 11.1. The number of sulfonamides is 1. The van der Waals surface area contributed by atoms with E-state index in [1.807, 2.05) is 11.8 Å². The van der Waals surface area contributed by atoms with Crippen molar-refractivity contribution in [2.45, 2.75) is 6.92 Å². The molecule has 0 heterocycles. The van der Waals surface area contributed by atoms with Crippen LogP contribution in [0.15, 0.2) is 12.2 Å². The van der Waals surface area contributed by atoms with Gasteiger partial charge in [0.2, 0.25) is 10.0 Å². The number of hydrogen-bond acceptors (Lipinski definition) is 7. The first-order valence-corrected chi connectivity index (χ1v) is 12.5. The number of thioether (sulfide) groups is 3. The van der Waals surface area contributed by atoms with Crippen molar-refractivity contribution in [3.8, 4) is 0 Å². The van der Waals surface area contributed by atoms with Gasteiger partial charge in [0.25, 0.3) is 0 Å². The average molecular weight is 402 g/mol. The molecule has 0 aliphatic heterocycles. The Balaban J connectivity index is 3.28. The van der Waals surface area contributed by atoms with E-state index in [1.54, 1.807) is 37.5 Å². The quantitative estimate of drug-likeness (QED) is 0.251. The van der Waals surface area contributed by atoms with Crippen LogP contribution >= 0.6 is 35.3 Å². The van der Waals surface area contributed by atoms with Crippen molar-refractivity contribution in [3.63, 3.8) is 0 Å². The molecular formula is C14H27NO4S4. The Labute approximate surface area is 153 Å². The second-order valence-corrected chi connectivity index (χ2v) is 10.6. The highest BCUT2D eigenvalue weighted by atomic mass is 32.2. The standard InChI is InChI=1S/C14H27NO4S4/c1-13(2)14(16)19-6-8-21-10-12-22-11-9-20-7-5-15(3)23(4,17)18/h1,5-12H2,2-4H3. The predicted molar refractivity (Wildman–Crippen MR) is 105 cm³/mol. The molecule has 23 heavy (non-hydrogen) atoms. The number of ether oxygens (including phenoxy) is 1. The Morgan fingerprint density at radius 3 is 2.00 bits per heavy atom. The Hall–Kier alpha value is 0.170. The highest BCUT2D eigenvalue weighted by Gasteiger charge is 2.09. The number of rotatable bonds is 14. The summed E-state index contributed by atoms with van der Waals surface area (Å²) in [6, 6.07) is 0. The summed E-state index contributed by atoms with van der Waals surface area (Å²) in [5.41, 5.74) is 0.436. The van der Waals surface area contributed by atoms with Crippen LogP contribution in [0.1, 0.15) is 6.92 Å². The Bertz CT molecular complexity index is 454. The molecule has 0 atom stereocenters. The summed E-state index contributed by atoms with van der Waals surface area (Å²) in [5, 5.41) is 0. The second-order valence-electron chi connectivity index (χ2n) is 4.84. The third kappa shape index (κ3) is 14.2. The molecule has 0 spiro atoms. The van der Waals surface area contributed by atoms with Gasteiger partial charge in [-0.3, -0.25) is 0 Å². The smallest absolute Gasteiger partial charge is 0.333 e. The Kier molecular flexibility index (Phi) is 13.6. The highest BCUT2D eigenvalue weighted by Crippen LogP contribution is 2.11. The van der Waals surface area contributed by atoms with E-state index in [0.29, 0.717) is 18.7 Å². The zero-order chi connectivity index (χ0) is 17.7. The summed E-state index contributed by atoms with van der Waals surface area (Å²) >= 11 is 5.44. The molecule has 9 heteroatoms. The molecule has 0 rings (SSSR count). The van der Waals surface area contributed by atoms with Crippen LogP contribution in [0.3, 0.4) is 0 Å². The van der Waals surface area contributed by atoms with Crippen molar-refractivity contribution in [1.82, 2.24) is 4.31 Å². The maximum Gasteiger partial charge on any atom is 0.333 e. The lowest BCUT2D eigenvalue weighted by Crippen LogP contribution is -2.27. The van der Waals surface area contributed by atoms with Gasteiger partial charge >= 0.3 is 5.97 Å². The lowest BCUT2D eigenvalue weighted by molar-refractivity contribution is -0.138. The molecule has 0 aromatic carbocycles. The minimum atomic E-state index is -3.05. The summed E-state index contributed by atoms with van der Waals surface area (Å²) in [7, 11) is -1.44. The highest BCUT2D eigenvalue weighted by molar-refractivity contribution is 8.04. The fourth-order valence-corrected chi connectivity index (χ4v) is 4.86. The number of hydrogen-bond donors (Lipinski definition) is 0.